The van der Waals surface area contributed by atoms with Crippen LogP contribution in [0.1, 0.15) is 51.5 Å². The molecule has 0 unspecified atom stereocenters. The number of nitrogens with one attached hydrogen (secondary N) is 1. The summed E-state index contributed by atoms with van der Waals surface area (Å²) < 4.78 is 5.85. The van der Waals surface area contributed by atoms with Gasteiger partial charge in [-0.2, -0.15) is 0 Å². The Morgan fingerprint density at radius 2 is 1.63 bits per heavy atom. The van der Waals surface area contributed by atoms with Crippen LogP contribution in [-0.4, -0.2) is 37.0 Å². The maximum absolute atomic E-state index is 13.4. The van der Waals surface area contributed by atoms with E-state index in [0.29, 0.717) is 11.6 Å². The molecule has 1 aliphatic rings. The average Bonchev–Trinajstić information content (AvgIpc) is 2.79. The first-order chi connectivity index (χ1) is 14.6. The van der Waals surface area contributed by atoms with Crippen molar-refractivity contribution < 1.29 is 9.53 Å². The number of amides is 1. The second kappa shape index (κ2) is 10.8. The van der Waals surface area contributed by atoms with Gasteiger partial charge in [-0.3, -0.25) is 4.79 Å². The van der Waals surface area contributed by atoms with Gasteiger partial charge in [0.1, 0.15) is 12.4 Å². The van der Waals surface area contributed by atoms with Crippen molar-refractivity contribution in [1.29, 1.82) is 0 Å². The van der Waals surface area contributed by atoms with Gasteiger partial charge in [0, 0.05) is 17.3 Å². The highest BCUT2D eigenvalue weighted by atomic mass is 35.5. The van der Waals surface area contributed by atoms with Gasteiger partial charge < -0.3 is 15.0 Å². The van der Waals surface area contributed by atoms with Crippen LogP contribution in [0.25, 0.3) is 0 Å². The molecule has 1 saturated carbocycles. The minimum atomic E-state index is -0.484. The highest BCUT2D eigenvalue weighted by molar-refractivity contribution is 6.30. The van der Waals surface area contributed by atoms with Crippen LogP contribution in [0, 0.1) is 0 Å². The summed E-state index contributed by atoms with van der Waals surface area (Å²) in [5.74, 6) is 0.893. The minimum Gasteiger partial charge on any atom is -0.492 e. The van der Waals surface area contributed by atoms with Gasteiger partial charge in [-0.15, -0.1) is 0 Å². The van der Waals surface area contributed by atoms with Gasteiger partial charge >= 0.3 is 0 Å². The third-order valence-electron chi connectivity index (χ3n) is 6.22. The molecule has 0 atom stereocenters. The van der Waals surface area contributed by atoms with E-state index >= 15 is 0 Å². The maximum Gasteiger partial charge on any atom is 0.235 e. The van der Waals surface area contributed by atoms with Crippen LogP contribution in [0.15, 0.2) is 48.5 Å². The summed E-state index contributed by atoms with van der Waals surface area (Å²) in [6.07, 6.45) is 5.05. The fraction of sp³-hybridized carbons (Fsp3) is 0.480. The molecule has 0 aliphatic heterocycles. The number of hydrogen-bond donors (Lipinski definition) is 1. The molecule has 3 rings (SSSR count). The first kappa shape index (κ1) is 22.6. The van der Waals surface area contributed by atoms with Gasteiger partial charge in [0.05, 0.1) is 5.41 Å². The molecule has 2 aromatic carbocycles. The van der Waals surface area contributed by atoms with Crippen molar-refractivity contribution in [2.45, 2.75) is 51.4 Å². The Morgan fingerprint density at radius 1 is 1.00 bits per heavy atom. The molecule has 0 heterocycles. The second-order valence-electron chi connectivity index (χ2n) is 8.00. The number of hydrogen-bond acceptors (Lipinski definition) is 3. The van der Waals surface area contributed by atoms with Crippen molar-refractivity contribution in [2.75, 3.05) is 31.6 Å². The molecule has 4 nitrogen and oxygen atoms in total. The van der Waals surface area contributed by atoms with Crippen molar-refractivity contribution in [3.8, 4) is 5.75 Å². The lowest BCUT2D eigenvalue weighted by Gasteiger charge is -2.36. The van der Waals surface area contributed by atoms with Crippen LogP contribution in [0.3, 0.4) is 0 Å². The third-order valence-corrected chi connectivity index (χ3v) is 6.47. The zero-order valence-corrected chi connectivity index (χ0v) is 18.9. The van der Waals surface area contributed by atoms with E-state index in [4.69, 9.17) is 16.3 Å². The fourth-order valence-corrected chi connectivity index (χ4v) is 4.41. The van der Waals surface area contributed by atoms with Gasteiger partial charge in [0.25, 0.3) is 0 Å². The standard InChI is InChI=1S/C25H33ClN2O2/c1-3-28(4-2)18-19-30-23-14-12-22(13-15-23)27-24(29)25(16-6-5-7-17-25)20-8-10-21(26)11-9-20/h8-15H,3-7,16-19H2,1-2H3,(H,27,29). The lowest BCUT2D eigenvalue weighted by molar-refractivity contribution is -0.122. The fourth-order valence-electron chi connectivity index (χ4n) is 4.29. The number of nitrogens with zero attached hydrogens (tertiary/aromatic N) is 1. The molecule has 1 fully saturated rings. The number of halogens is 1. The molecular weight excluding hydrogens is 396 g/mol. The van der Waals surface area contributed by atoms with Crippen LogP contribution in [0.5, 0.6) is 5.75 Å². The number of carbonyl (C=O) groups excluding carboxylic acids is 1. The topological polar surface area (TPSA) is 41.6 Å². The van der Waals surface area contributed by atoms with E-state index in [1.807, 2.05) is 48.5 Å². The Morgan fingerprint density at radius 3 is 2.23 bits per heavy atom. The molecule has 0 saturated heterocycles. The van der Waals surface area contributed by atoms with E-state index in [9.17, 15) is 4.79 Å². The Kier molecular flexibility index (Phi) is 8.17. The molecule has 30 heavy (non-hydrogen) atoms. The number of benzene rings is 2. The zero-order valence-electron chi connectivity index (χ0n) is 18.1. The van der Waals surface area contributed by atoms with Gasteiger partial charge in [-0.1, -0.05) is 56.8 Å². The molecule has 162 valence electrons. The number of ether oxygens (including phenoxy) is 1. The summed E-state index contributed by atoms with van der Waals surface area (Å²) >= 11 is 6.07. The van der Waals surface area contributed by atoms with Gasteiger partial charge in [-0.25, -0.2) is 0 Å². The van der Waals surface area contributed by atoms with Crippen molar-refractivity contribution in [1.82, 2.24) is 4.90 Å². The third kappa shape index (κ3) is 5.55. The van der Waals surface area contributed by atoms with E-state index in [1.54, 1.807) is 0 Å². The maximum atomic E-state index is 13.4. The molecule has 0 spiro atoms. The minimum absolute atomic E-state index is 0.0692. The predicted molar refractivity (Wildman–Crippen MR) is 125 cm³/mol. The van der Waals surface area contributed by atoms with Crippen LogP contribution in [0.4, 0.5) is 5.69 Å². The van der Waals surface area contributed by atoms with Crippen LogP contribution in [-0.2, 0) is 10.2 Å². The lowest BCUT2D eigenvalue weighted by atomic mass is 9.68. The number of likely N-dealkylation sites (N-methyl/N-ethyl adjacent to an activating group) is 1. The summed E-state index contributed by atoms with van der Waals surface area (Å²) in [6.45, 7) is 7.94. The molecule has 0 bridgehead atoms. The molecular formula is C25H33ClN2O2. The lowest BCUT2D eigenvalue weighted by Crippen LogP contribution is -2.42. The quantitative estimate of drug-likeness (QED) is 0.540. The van der Waals surface area contributed by atoms with E-state index in [2.05, 4.69) is 24.1 Å². The summed E-state index contributed by atoms with van der Waals surface area (Å²) in [5.41, 5.74) is 1.37. The first-order valence-corrected chi connectivity index (χ1v) is 11.5. The van der Waals surface area contributed by atoms with Crippen molar-refractivity contribution in [3.63, 3.8) is 0 Å². The highest BCUT2D eigenvalue weighted by Gasteiger charge is 2.41. The van der Waals surface area contributed by atoms with Gasteiger partial charge in [0.15, 0.2) is 0 Å². The Bertz CT molecular complexity index is 795. The van der Waals surface area contributed by atoms with Crippen LogP contribution < -0.4 is 10.1 Å². The molecule has 1 aliphatic carbocycles. The summed E-state index contributed by atoms with van der Waals surface area (Å²) in [7, 11) is 0. The SMILES string of the molecule is CCN(CC)CCOc1ccc(NC(=O)C2(c3ccc(Cl)cc3)CCCCC2)cc1. The van der Waals surface area contributed by atoms with Crippen LogP contribution >= 0.6 is 11.6 Å². The Labute approximate surface area is 185 Å². The smallest absolute Gasteiger partial charge is 0.235 e. The van der Waals surface area contributed by atoms with Gasteiger partial charge in [0.2, 0.25) is 5.91 Å². The predicted octanol–water partition coefficient (Wildman–Crippen LogP) is 5.90. The largest absolute Gasteiger partial charge is 0.492 e. The molecule has 2 aromatic rings. The molecule has 5 heteroatoms. The molecule has 0 radical (unpaired) electrons. The Balaban J connectivity index is 1.65. The van der Waals surface area contributed by atoms with E-state index in [1.165, 1.54) is 6.42 Å². The Hall–Kier alpha value is -2.04. The molecule has 1 amide bonds. The van der Waals surface area contributed by atoms with E-state index in [0.717, 1.165) is 62.3 Å². The number of carbonyl (C=O) groups is 1. The molecule has 1 N–H and O–H groups in total. The van der Waals surface area contributed by atoms with E-state index < -0.39 is 5.41 Å². The van der Waals surface area contributed by atoms with Crippen molar-refractivity contribution in [3.05, 3.63) is 59.1 Å². The normalized spacial score (nSPS) is 15.7. The summed E-state index contributed by atoms with van der Waals surface area (Å²) in [4.78, 5) is 15.7. The van der Waals surface area contributed by atoms with Gasteiger partial charge in [-0.05, 0) is 67.9 Å². The van der Waals surface area contributed by atoms with Crippen LogP contribution in [0.2, 0.25) is 5.02 Å². The summed E-state index contributed by atoms with van der Waals surface area (Å²) in [6, 6.07) is 15.4. The number of anilines is 1. The molecule has 0 aromatic heterocycles. The average molecular weight is 429 g/mol. The first-order valence-electron chi connectivity index (χ1n) is 11.1. The number of rotatable bonds is 9. The van der Waals surface area contributed by atoms with E-state index in [-0.39, 0.29) is 5.91 Å². The zero-order chi connectivity index (χ0) is 21.4. The summed E-state index contributed by atoms with van der Waals surface area (Å²) in [5, 5.41) is 3.85. The second-order valence-corrected chi connectivity index (χ2v) is 8.44. The van der Waals surface area contributed by atoms with Crippen molar-refractivity contribution in [2.24, 2.45) is 0 Å². The monoisotopic (exact) mass is 428 g/mol. The highest BCUT2D eigenvalue weighted by Crippen LogP contribution is 2.41. The van der Waals surface area contributed by atoms with Crippen molar-refractivity contribution >= 4 is 23.2 Å².